The molecule has 2 aromatic carbocycles. The van der Waals surface area contributed by atoms with Crippen LogP contribution in [0.25, 0.3) is 22.5 Å². The lowest BCUT2D eigenvalue weighted by atomic mass is 10.0. The number of carbonyl (C=O) groups is 1. The van der Waals surface area contributed by atoms with Crippen LogP contribution < -0.4 is 14.8 Å². The first-order chi connectivity index (χ1) is 18.6. The van der Waals surface area contributed by atoms with Gasteiger partial charge >= 0.3 is 0 Å². The maximum absolute atomic E-state index is 12.3. The fraction of sp³-hybridized carbons (Fsp3) is 0.484. The van der Waals surface area contributed by atoms with Crippen molar-refractivity contribution < 1.29 is 14.3 Å². The van der Waals surface area contributed by atoms with Gasteiger partial charge < -0.3 is 19.4 Å². The van der Waals surface area contributed by atoms with Gasteiger partial charge in [-0.1, -0.05) is 44.4 Å². The minimum absolute atomic E-state index is 0.193. The van der Waals surface area contributed by atoms with Crippen LogP contribution in [0.5, 0.6) is 11.5 Å². The minimum atomic E-state index is 0.193. The van der Waals surface area contributed by atoms with Crippen molar-refractivity contribution >= 4 is 17.7 Å². The Hall–Kier alpha value is -2.93. The number of benzene rings is 2. The zero-order valence-corrected chi connectivity index (χ0v) is 23.8. The van der Waals surface area contributed by atoms with E-state index in [1.807, 2.05) is 24.3 Å². The van der Waals surface area contributed by atoms with Crippen LogP contribution in [0.15, 0.2) is 53.7 Å². The van der Waals surface area contributed by atoms with Crippen molar-refractivity contribution in [2.75, 3.05) is 26.5 Å². The van der Waals surface area contributed by atoms with E-state index in [4.69, 9.17) is 14.5 Å². The summed E-state index contributed by atoms with van der Waals surface area (Å²) in [7, 11) is 3.37. The molecule has 1 fully saturated rings. The van der Waals surface area contributed by atoms with E-state index in [0.29, 0.717) is 13.0 Å². The van der Waals surface area contributed by atoms with Crippen LogP contribution in [0.2, 0.25) is 0 Å². The number of thioether (sulfide) groups is 1. The number of methoxy groups -OCH3 is 2. The molecule has 1 saturated carbocycles. The topological polar surface area (TPSA) is 65.4 Å². The number of hydrogen-bond acceptors (Lipinski definition) is 5. The molecule has 4 rings (SSSR count). The second kappa shape index (κ2) is 14.3. The molecule has 38 heavy (non-hydrogen) atoms. The molecular formula is C31H41N3O3S. The summed E-state index contributed by atoms with van der Waals surface area (Å²) < 4.78 is 13.1. The van der Waals surface area contributed by atoms with E-state index >= 15 is 0 Å². The molecular weight excluding hydrogens is 494 g/mol. The third-order valence-electron chi connectivity index (χ3n) is 7.24. The monoisotopic (exact) mass is 535 g/mol. The van der Waals surface area contributed by atoms with Gasteiger partial charge in [-0.3, -0.25) is 4.79 Å². The van der Waals surface area contributed by atoms with Gasteiger partial charge in [-0.2, -0.15) is 0 Å². The first-order valence-corrected chi connectivity index (χ1v) is 14.9. The Kier molecular flexibility index (Phi) is 10.6. The summed E-state index contributed by atoms with van der Waals surface area (Å²) >= 11 is 1.76. The van der Waals surface area contributed by atoms with Crippen LogP contribution in [-0.2, 0) is 11.3 Å². The van der Waals surface area contributed by atoms with Crippen molar-refractivity contribution in [1.82, 2.24) is 14.9 Å². The molecule has 0 bridgehead atoms. The second-order valence-corrected chi connectivity index (χ2v) is 11.0. The number of imidazole rings is 1. The van der Waals surface area contributed by atoms with E-state index < -0.39 is 0 Å². The molecule has 0 saturated heterocycles. The molecule has 204 valence electrons. The van der Waals surface area contributed by atoms with Crippen LogP contribution in [0.3, 0.4) is 0 Å². The van der Waals surface area contributed by atoms with Crippen molar-refractivity contribution in [3.8, 4) is 34.0 Å². The van der Waals surface area contributed by atoms with E-state index in [9.17, 15) is 4.79 Å². The summed E-state index contributed by atoms with van der Waals surface area (Å²) in [6, 6.07) is 16.3. The molecule has 1 aliphatic carbocycles. The lowest BCUT2D eigenvalue weighted by Gasteiger charge is -2.13. The van der Waals surface area contributed by atoms with Gasteiger partial charge in [0.25, 0.3) is 0 Å². The molecule has 7 heteroatoms. The van der Waals surface area contributed by atoms with E-state index in [0.717, 1.165) is 76.6 Å². The average Bonchev–Trinajstić information content (AvgIpc) is 3.60. The highest BCUT2D eigenvalue weighted by atomic mass is 32.2. The Labute approximate surface area is 231 Å². The van der Waals surface area contributed by atoms with Crippen LogP contribution in [0.1, 0.15) is 58.3 Å². The number of ether oxygens (including phenoxy) is 2. The zero-order valence-electron chi connectivity index (χ0n) is 23.0. The van der Waals surface area contributed by atoms with Gasteiger partial charge in [0.2, 0.25) is 5.91 Å². The molecule has 3 aromatic rings. The summed E-state index contributed by atoms with van der Waals surface area (Å²) in [5.74, 6) is 3.51. The zero-order chi connectivity index (χ0) is 26.7. The lowest BCUT2D eigenvalue weighted by Crippen LogP contribution is -2.25. The third-order valence-corrected chi connectivity index (χ3v) is 8.30. The van der Waals surface area contributed by atoms with Gasteiger partial charge in [0.15, 0.2) is 5.16 Å². The molecule has 1 N–H and O–H groups in total. The number of rotatable bonds is 14. The normalized spacial score (nSPS) is 13.6. The molecule has 0 spiro atoms. The van der Waals surface area contributed by atoms with E-state index in [1.54, 1.807) is 26.0 Å². The Morgan fingerprint density at radius 2 is 1.63 bits per heavy atom. The fourth-order valence-corrected chi connectivity index (χ4v) is 6.12. The first-order valence-electron chi connectivity index (χ1n) is 13.9. The number of carbonyl (C=O) groups excluding carboxylic acids is 1. The van der Waals surface area contributed by atoms with Gasteiger partial charge in [0, 0.05) is 36.4 Å². The van der Waals surface area contributed by atoms with Crippen molar-refractivity contribution in [2.24, 2.45) is 5.92 Å². The summed E-state index contributed by atoms with van der Waals surface area (Å²) in [6.07, 6.45) is 8.87. The number of amides is 1. The molecule has 0 radical (unpaired) electrons. The van der Waals surface area contributed by atoms with Crippen molar-refractivity contribution in [1.29, 1.82) is 0 Å². The van der Waals surface area contributed by atoms with E-state index in [-0.39, 0.29) is 5.91 Å². The van der Waals surface area contributed by atoms with Crippen LogP contribution in [0.4, 0.5) is 0 Å². The highest BCUT2D eigenvalue weighted by Gasteiger charge is 2.21. The summed E-state index contributed by atoms with van der Waals surface area (Å²) in [4.78, 5) is 17.4. The standard InChI is InChI=1S/C31H41N3O3S/c1-4-21-34-30(25-13-17-27(37-3)18-14-25)29(24-11-15-26(36-2)16-12-24)33-31(34)38-22-7-20-32-28(35)19-10-23-8-5-6-9-23/h11-18,23H,4-10,19-22H2,1-3H3,(H,32,35). The summed E-state index contributed by atoms with van der Waals surface area (Å²) in [5.41, 5.74) is 4.25. The van der Waals surface area contributed by atoms with Gasteiger partial charge in [-0.25, -0.2) is 4.98 Å². The van der Waals surface area contributed by atoms with Crippen molar-refractivity contribution in [3.63, 3.8) is 0 Å². The Bertz CT molecular complexity index is 1150. The first kappa shape index (κ1) is 28.1. The predicted octanol–water partition coefficient (Wildman–Crippen LogP) is 7.21. The minimum Gasteiger partial charge on any atom is -0.497 e. The van der Waals surface area contributed by atoms with E-state index in [2.05, 4.69) is 41.1 Å². The maximum Gasteiger partial charge on any atom is 0.220 e. The molecule has 0 unspecified atom stereocenters. The smallest absolute Gasteiger partial charge is 0.220 e. The molecule has 1 aliphatic rings. The molecule has 6 nitrogen and oxygen atoms in total. The number of nitrogens with one attached hydrogen (secondary N) is 1. The number of nitrogens with zero attached hydrogens (tertiary/aromatic N) is 2. The summed E-state index contributed by atoms with van der Waals surface area (Å²) in [6.45, 7) is 3.78. The van der Waals surface area contributed by atoms with Gasteiger partial charge in [0.1, 0.15) is 11.5 Å². The number of aromatic nitrogens is 2. The van der Waals surface area contributed by atoms with E-state index in [1.165, 1.54) is 25.7 Å². The highest BCUT2D eigenvalue weighted by Crippen LogP contribution is 2.37. The van der Waals surface area contributed by atoms with Gasteiger partial charge in [-0.05, 0) is 73.7 Å². The Balaban J connectivity index is 1.47. The Morgan fingerprint density at radius 1 is 1.00 bits per heavy atom. The molecule has 0 aliphatic heterocycles. The van der Waals surface area contributed by atoms with Gasteiger partial charge in [0.05, 0.1) is 25.6 Å². The average molecular weight is 536 g/mol. The van der Waals surface area contributed by atoms with Crippen LogP contribution >= 0.6 is 11.8 Å². The second-order valence-electron chi connectivity index (χ2n) is 9.94. The summed E-state index contributed by atoms with van der Waals surface area (Å²) in [5, 5.41) is 4.13. The Morgan fingerprint density at radius 3 is 2.24 bits per heavy atom. The lowest BCUT2D eigenvalue weighted by molar-refractivity contribution is -0.121. The molecule has 1 aromatic heterocycles. The highest BCUT2D eigenvalue weighted by molar-refractivity contribution is 7.99. The SMILES string of the molecule is CCCn1c(SCCCNC(=O)CCC2CCCC2)nc(-c2ccc(OC)cc2)c1-c1ccc(OC)cc1. The maximum atomic E-state index is 12.3. The largest absolute Gasteiger partial charge is 0.497 e. The third kappa shape index (κ3) is 7.34. The predicted molar refractivity (Wildman–Crippen MR) is 156 cm³/mol. The van der Waals surface area contributed by atoms with Crippen LogP contribution in [-0.4, -0.2) is 42.0 Å². The molecule has 1 heterocycles. The van der Waals surface area contributed by atoms with Crippen molar-refractivity contribution in [3.05, 3.63) is 48.5 Å². The van der Waals surface area contributed by atoms with Gasteiger partial charge in [-0.15, -0.1) is 0 Å². The molecule has 0 atom stereocenters. The number of hydrogen-bond donors (Lipinski definition) is 1. The fourth-order valence-electron chi connectivity index (χ4n) is 5.15. The molecule has 1 amide bonds. The van der Waals surface area contributed by atoms with Crippen LogP contribution in [0, 0.1) is 5.92 Å². The quantitative estimate of drug-likeness (QED) is 0.174. The van der Waals surface area contributed by atoms with Crippen molar-refractivity contribution in [2.45, 2.75) is 70.0 Å².